The topological polar surface area (TPSA) is 81.9 Å². The van der Waals surface area contributed by atoms with Crippen LogP contribution in [-0.4, -0.2) is 43.7 Å². The average molecular weight is 352 g/mol. The molecule has 8 heteroatoms. The van der Waals surface area contributed by atoms with Crippen molar-refractivity contribution < 1.29 is 22.4 Å². The molecule has 0 saturated heterocycles. The van der Waals surface area contributed by atoms with E-state index in [9.17, 15) is 8.42 Å². The number of rotatable bonds is 7. The maximum atomic E-state index is 12.7. The Bertz CT molecular complexity index is 761. The van der Waals surface area contributed by atoms with Crippen LogP contribution in [0.15, 0.2) is 41.1 Å². The monoisotopic (exact) mass is 352 g/mol. The van der Waals surface area contributed by atoms with Gasteiger partial charge < -0.3 is 14.0 Å². The molecule has 1 aliphatic heterocycles. The van der Waals surface area contributed by atoms with Crippen molar-refractivity contribution >= 4 is 10.0 Å². The Kier molecular flexibility index (Phi) is 5.06. The summed E-state index contributed by atoms with van der Waals surface area (Å²) in [6, 6.07) is 8.92. The van der Waals surface area contributed by atoms with Gasteiger partial charge in [-0.3, -0.25) is 0 Å². The molecule has 0 bridgehead atoms. The van der Waals surface area contributed by atoms with E-state index in [0.717, 1.165) is 0 Å². The first-order chi connectivity index (χ1) is 11.6. The number of hydrogen-bond acceptors (Lipinski definition) is 6. The number of hydrogen-bond donors (Lipinski definition) is 0. The number of para-hydroxylation sites is 2. The molecule has 0 N–H and O–H groups in total. The molecule has 1 atom stereocenters. The zero-order chi connectivity index (χ0) is 17.0. The van der Waals surface area contributed by atoms with Crippen LogP contribution in [0, 0.1) is 0 Å². The van der Waals surface area contributed by atoms with Crippen LogP contribution in [0.3, 0.4) is 0 Å². The highest BCUT2D eigenvalue weighted by Crippen LogP contribution is 2.31. The summed E-state index contributed by atoms with van der Waals surface area (Å²) in [5, 5.41) is 3.68. The fraction of sp³-hybridized carbons (Fsp3) is 0.438. The molecule has 7 nitrogen and oxygen atoms in total. The Morgan fingerprint density at radius 3 is 2.75 bits per heavy atom. The fourth-order valence-electron chi connectivity index (χ4n) is 2.56. The highest BCUT2D eigenvalue weighted by molar-refractivity contribution is 7.88. The molecule has 0 spiro atoms. The summed E-state index contributed by atoms with van der Waals surface area (Å²) in [6.07, 6.45) is 1.73. The summed E-state index contributed by atoms with van der Waals surface area (Å²) < 4.78 is 43.0. The van der Waals surface area contributed by atoms with Crippen LogP contribution in [0.25, 0.3) is 0 Å². The van der Waals surface area contributed by atoms with Crippen LogP contribution >= 0.6 is 0 Å². The number of benzene rings is 1. The first-order valence-corrected chi connectivity index (χ1v) is 9.45. The number of aromatic nitrogens is 1. The van der Waals surface area contributed by atoms with E-state index in [0.29, 0.717) is 36.8 Å². The minimum absolute atomic E-state index is 0.187. The zero-order valence-corrected chi connectivity index (χ0v) is 14.2. The van der Waals surface area contributed by atoms with Gasteiger partial charge in [-0.1, -0.05) is 24.2 Å². The number of sulfonamides is 1. The van der Waals surface area contributed by atoms with Crippen LogP contribution in [0.2, 0.25) is 0 Å². The molecular weight excluding hydrogens is 332 g/mol. The van der Waals surface area contributed by atoms with Gasteiger partial charge in [0, 0.05) is 12.6 Å². The lowest BCUT2D eigenvalue weighted by molar-refractivity contribution is 0.0763. The average Bonchev–Trinajstić information content (AvgIpc) is 3.06. The first kappa shape index (κ1) is 16.8. The summed E-state index contributed by atoms with van der Waals surface area (Å²) in [5.41, 5.74) is 0.391. The molecule has 0 radical (unpaired) electrons. The van der Waals surface area contributed by atoms with Crippen molar-refractivity contribution in [2.45, 2.75) is 25.2 Å². The van der Waals surface area contributed by atoms with Crippen LogP contribution in [-0.2, 0) is 15.8 Å². The molecule has 2 aromatic rings. The second kappa shape index (κ2) is 7.23. The zero-order valence-electron chi connectivity index (χ0n) is 13.4. The molecule has 2 heterocycles. The van der Waals surface area contributed by atoms with Crippen molar-refractivity contribution in [1.82, 2.24) is 9.46 Å². The van der Waals surface area contributed by atoms with Crippen molar-refractivity contribution in [3.05, 3.63) is 42.3 Å². The maximum Gasteiger partial charge on any atom is 0.220 e. The minimum atomic E-state index is -3.51. The van der Waals surface area contributed by atoms with E-state index in [1.54, 1.807) is 6.07 Å². The van der Waals surface area contributed by atoms with Gasteiger partial charge in [-0.05, 0) is 18.6 Å². The fourth-order valence-corrected chi connectivity index (χ4v) is 4.12. The van der Waals surface area contributed by atoms with Gasteiger partial charge in [-0.25, -0.2) is 8.42 Å². The van der Waals surface area contributed by atoms with Gasteiger partial charge in [0.15, 0.2) is 11.5 Å². The third kappa shape index (κ3) is 3.88. The summed E-state index contributed by atoms with van der Waals surface area (Å²) in [7, 11) is -3.51. The van der Waals surface area contributed by atoms with E-state index in [2.05, 4.69) is 5.16 Å². The Morgan fingerprint density at radius 2 is 2.04 bits per heavy atom. The molecule has 1 aromatic heterocycles. The van der Waals surface area contributed by atoms with Crippen LogP contribution < -0.4 is 9.47 Å². The normalized spacial score (nSPS) is 17.2. The van der Waals surface area contributed by atoms with Crippen molar-refractivity contribution in [2.24, 2.45) is 0 Å². The van der Waals surface area contributed by atoms with Gasteiger partial charge in [0.2, 0.25) is 10.0 Å². The summed E-state index contributed by atoms with van der Waals surface area (Å²) >= 11 is 0. The second-order valence-corrected chi connectivity index (χ2v) is 7.57. The third-order valence-electron chi connectivity index (χ3n) is 3.66. The lowest BCUT2D eigenvalue weighted by Crippen LogP contribution is -2.44. The number of fused-ring (bicyclic) bond motifs is 1. The van der Waals surface area contributed by atoms with Crippen molar-refractivity contribution in [1.29, 1.82) is 0 Å². The lowest BCUT2D eigenvalue weighted by atomic mass is 10.2. The highest BCUT2D eigenvalue weighted by Gasteiger charge is 2.29. The van der Waals surface area contributed by atoms with Gasteiger partial charge in [-0.2, -0.15) is 4.31 Å². The summed E-state index contributed by atoms with van der Waals surface area (Å²) in [5.74, 6) is 1.13. The van der Waals surface area contributed by atoms with Crippen LogP contribution in [0.4, 0.5) is 0 Å². The molecule has 24 heavy (non-hydrogen) atoms. The molecule has 0 aliphatic carbocycles. The Balaban J connectivity index is 1.70. The van der Waals surface area contributed by atoms with Crippen molar-refractivity contribution in [3.8, 4) is 11.5 Å². The highest BCUT2D eigenvalue weighted by atomic mass is 32.2. The lowest BCUT2D eigenvalue weighted by Gasteiger charge is -2.30. The van der Waals surface area contributed by atoms with Crippen LogP contribution in [0.1, 0.15) is 19.0 Å². The third-order valence-corrected chi connectivity index (χ3v) is 5.44. The smallest absolute Gasteiger partial charge is 0.220 e. The summed E-state index contributed by atoms with van der Waals surface area (Å²) in [6.45, 7) is 2.91. The number of nitrogens with zero attached hydrogens (tertiary/aromatic N) is 2. The summed E-state index contributed by atoms with van der Waals surface area (Å²) in [4.78, 5) is 0. The molecule has 1 unspecified atom stereocenters. The number of ether oxygens (including phenoxy) is 2. The molecule has 3 rings (SSSR count). The first-order valence-electron chi connectivity index (χ1n) is 7.84. The Hall–Kier alpha value is -2.06. The van der Waals surface area contributed by atoms with E-state index in [4.69, 9.17) is 14.0 Å². The van der Waals surface area contributed by atoms with Gasteiger partial charge >= 0.3 is 0 Å². The van der Waals surface area contributed by atoms with Gasteiger partial charge in [0.1, 0.15) is 24.7 Å². The van der Waals surface area contributed by atoms with E-state index in [1.807, 2.05) is 31.2 Å². The van der Waals surface area contributed by atoms with E-state index in [-0.39, 0.29) is 18.4 Å². The van der Waals surface area contributed by atoms with Gasteiger partial charge in [-0.15, -0.1) is 0 Å². The van der Waals surface area contributed by atoms with E-state index in [1.165, 1.54) is 10.6 Å². The Morgan fingerprint density at radius 1 is 1.25 bits per heavy atom. The quantitative estimate of drug-likeness (QED) is 0.759. The largest absolute Gasteiger partial charge is 0.486 e. The Labute approximate surface area is 141 Å². The molecule has 1 aliphatic rings. The molecular formula is C16H20N2O5S. The molecule has 130 valence electrons. The van der Waals surface area contributed by atoms with Crippen molar-refractivity contribution in [3.63, 3.8) is 0 Å². The standard InChI is InChI=1S/C16H20N2O5S/c1-2-8-18(24(19,20)12-13-7-9-22-17-13)10-14-11-21-15-5-3-4-6-16(15)23-14/h3-7,9,14H,2,8,10-12H2,1H3. The molecule has 0 saturated carbocycles. The molecule has 0 amide bonds. The molecule has 1 aromatic carbocycles. The predicted molar refractivity (Wildman–Crippen MR) is 87.3 cm³/mol. The van der Waals surface area contributed by atoms with E-state index < -0.39 is 10.0 Å². The van der Waals surface area contributed by atoms with Crippen LogP contribution in [0.5, 0.6) is 11.5 Å². The van der Waals surface area contributed by atoms with Crippen molar-refractivity contribution in [2.75, 3.05) is 19.7 Å². The maximum absolute atomic E-state index is 12.7. The minimum Gasteiger partial charge on any atom is -0.486 e. The second-order valence-electron chi connectivity index (χ2n) is 5.60. The SMILES string of the molecule is CCCN(CC1COc2ccccc2O1)S(=O)(=O)Cc1ccon1. The van der Waals surface area contributed by atoms with E-state index >= 15 is 0 Å². The van der Waals surface area contributed by atoms with Gasteiger partial charge in [0.05, 0.1) is 12.2 Å². The molecule has 0 fully saturated rings. The predicted octanol–water partition coefficient (Wildman–Crippen LogP) is 2.06. The van der Waals surface area contributed by atoms with Gasteiger partial charge in [0.25, 0.3) is 0 Å².